The van der Waals surface area contributed by atoms with Gasteiger partial charge in [-0.1, -0.05) is 6.42 Å². The van der Waals surface area contributed by atoms with Gasteiger partial charge in [-0.15, -0.1) is 11.3 Å². The maximum Gasteiger partial charge on any atom is 0.264 e. The average Bonchev–Trinajstić information content (AvgIpc) is 2.70. The zero-order valence-electron chi connectivity index (χ0n) is 11.7. The van der Waals surface area contributed by atoms with Crippen molar-refractivity contribution in [1.82, 2.24) is 9.80 Å². The van der Waals surface area contributed by atoms with Crippen LogP contribution in [0.2, 0.25) is 0 Å². The molecule has 0 radical (unpaired) electrons. The van der Waals surface area contributed by atoms with E-state index in [9.17, 15) is 4.79 Å². The summed E-state index contributed by atoms with van der Waals surface area (Å²) in [4.78, 5) is 19.3. The van der Waals surface area contributed by atoms with Gasteiger partial charge in [0.2, 0.25) is 0 Å². The van der Waals surface area contributed by atoms with Crippen molar-refractivity contribution in [2.45, 2.75) is 32.1 Å². The van der Waals surface area contributed by atoms with E-state index in [4.69, 9.17) is 0 Å². The van der Waals surface area contributed by atoms with Crippen LogP contribution in [0.15, 0.2) is 6.07 Å². The van der Waals surface area contributed by atoms with Crippen LogP contribution >= 0.6 is 11.3 Å². The van der Waals surface area contributed by atoms with Crippen LogP contribution < -0.4 is 0 Å². The van der Waals surface area contributed by atoms with Crippen molar-refractivity contribution >= 4 is 17.2 Å². The minimum atomic E-state index is 0.256. The van der Waals surface area contributed by atoms with E-state index in [1.807, 2.05) is 4.90 Å². The van der Waals surface area contributed by atoms with Crippen molar-refractivity contribution in [2.24, 2.45) is 0 Å². The lowest BCUT2D eigenvalue weighted by Crippen LogP contribution is -2.46. The van der Waals surface area contributed by atoms with E-state index in [1.54, 1.807) is 11.3 Å². The van der Waals surface area contributed by atoms with E-state index in [-0.39, 0.29) is 5.91 Å². The SMILES string of the molecule is CN1CCN(C(=O)c2cc3c(s2)CCCCC3)CC1. The van der Waals surface area contributed by atoms with E-state index in [0.717, 1.165) is 31.1 Å². The zero-order valence-corrected chi connectivity index (χ0v) is 12.5. The lowest BCUT2D eigenvalue weighted by Gasteiger charge is -2.32. The summed E-state index contributed by atoms with van der Waals surface area (Å²) in [6.45, 7) is 3.74. The van der Waals surface area contributed by atoms with Gasteiger partial charge in [0.15, 0.2) is 0 Å². The topological polar surface area (TPSA) is 23.6 Å². The minimum absolute atomic E-state index is 0.256. The van der Waals surface area contributed by atoms with Crippen LogP contribution in [0.25, 0.3) is 0 Å². The fourth-order valence-corrected chi connectivity index (χ4v) is 4.16. The maximum atomic E-state index is 12.5. The number of carbonyl (C=O) groups is 1. The average molecular weight is 278 g/mol. The Balaban J connectivity index is 1.73. The highest BCUT2D eigenvalue weighted by Crippen LogP contribution is 2.29. The lowest BCUT2D eigenvalue weighted by molar-refractivity contribution is 0.0669. The molecule has 1 fully saturated rings. The summed E-state index contributed by atoms with van der Waals surface area (Å²) in [5.74, 6) is 0.256. The number of nitrogens with zero attached hydrogens (tertiary/aromatic N) is 2. The molecular formula is C15H22N2OS. The Morgan fingerprint density at radius 3 is 2.63 bits per heavy atom. The number of fused-ring (bicyclic) bond motifs is 1. The summed E-state index contributed by atoms with van der Waals surface area (Å²) >= 11 is 1.75. The Morgan fingerprint density at radius 2 is 1.84 bits per heavy atom. The summed E-state index contributed by atoms with van der Waals surface area (Å²) in [6.07, 6.45) is 6.25. The first kappa shape index (κ1) is 13.1. The second-order valence-corrected chi connectivity index (χ2v) is 6.85. The number of carbonyl (C=O) groups excluding carboxylic acids is 1. The standard InChI is InChI=1S/C15H22N2OS/c1-16-7-9-17(10-8-16)15(18)14-11-12-5-3-2-4-6-13(12)19-14/h11H,2-10H2,1H3. The molecular weight excluding hydrogens is 256 g/mol. The Labute approximate surface area is 119 Å². The van der Waals surface area contributed by atoms with Crippen LogP contribution in [0.1, 0.15) is 39.4 Å². The van der Waals surface area contributed by atoms with Gasteiger partial charge in [0, 0.05) is 31.1 Å². The van der Waals surface area contributed by atoms with Crippen molar-refractivity contribution in [3.8, 4) is 0 Å². The van der Waals surface area contributed by atoms with Crippen LogP contribution in [-0.4, -0.2) is 48.9 Å². The van der Waals surface area contributed by atoms with Crippen LogP contribution in [-0.2, 0) is 12.8 Å². The minimum Gasteiger partial charge on any atom is -0.335 e. The molecule has 3 rings (SSSR count). The molecule has 104 valence electrons. The highest BCUT2D eigenvalue weighted by molar-refractivity contribution is 7.14. The Bertz CT molecular complexity index is 437. The molecule has 0 atom stereocenters. The molecule has 1 aromatic heterocycles. The largest absolute Gasteiger partial charge is 0.335 e. The van der Waals surface area contributed by atoms with E-state index in [0.29, 0.717) is 0 Å². The first-order valence-electron chi connectivity index (χ1n) is 7.33. The molecule has 2 aliphatic rings. The molecule has 0 saturated carbocycles. The third-order valence-electron chi connectivity index (χ3n) is 4.25. The molecule has 1 saturated heterocycles. The Morgan fingerprint density at radius 1 is 1.11 bits per heavy atom. The summed E-state index contributed by atoms with van der Waals surface area (Å²) in [6, 6.07) is 2.17. The predicted molar refractivity (Wildman–Crippen MR) is 79.0 cm³/mol. The van der Waals surface area contributed by atoms with Crippen LogP contribution in [0, 0.1) is 0 Å². The van der Waals surface area contributed by atoms with Crippen molar-refractivity contribution in [2.75, 3.05) is 33.2 Å². The monoisotopic (exact) mass is 278 g/mol. The molecule has 4 heteroatoms. The van der Waals surface area contributed by atoms with Gasteiger partial charge in [-0.3, -0.25) is 4.79 Å². The summed E-state index contributed by atoms with van der Waals surface area (Å²) in [5.41, 5.74) is 1.44. The van der Waals surface area contributed by atoms with Crippen molar-refractivity contribution in [3.05, 3.63) is 21.4 Å². The molecule has 0 aromatic carbocycles. The molecule has 0 bridgehead atoms. The van der Waals surface area contributed by atoms with Gasteiger partial charge in [-0.25, -0.2) is 0 Å². The third kappa shape index (κ3) is 2.84. The number of amides is 1. The van der Waals surface area contributed by atoms with E-state index >= 15 is 0 Å². The molecule has 19 heavy (non-hydrogen) atoms. The maximum absolute atomic E-state index is 12.5. The normalized spacial score (nSPS) is 21.0. The van der Waals surface area contributed by atoms with E-state index in [2.05, 4.69) is 18.0 Å². The number of rotatable bonds is 1. The van der Waals surface area contributed by atoms with Gasteiger partial charge in [-0.2, -0.15) is 0 Å². The van der Waals surface area contributed by atoms with E-state index in [1.165, 1.54) is 42.5 Å². The van der Waals surface area contributed by atoms with Gasteiger partial charge in [0.1, 0.15) is 0 Å². The van der Waals surface area contributed by atoms with Crippen molar-refractivity contribution in [3.63, 3.8) is 0 Å². The Kier molecular flexibility index (Phi) is 3.89. The molecule has 1 aliphatic carbocycles. The fourth-order valence-electron chi connectivity index (χ4n) is 2.94. The van der Waals surface area contributed by atoms with Gasteiger partial charge in [0.05, 0.1) is 4.88 Å². The summed E-state index contributed by atoms with van der Waals surface area (Å²) < 4.78 is 0. The van der Waals surface area contributed by atoms with Crippen molar-refractivity contribution in [1.29, 1.82) is 0 Å². The molecule has 1 aromatic rings. The summed E-state index contributed by atoms with van der Waals surface area (Å²) in [5, 5.41) is 0. The van der Waals surface area contributed by atoms with Crippen molar-refractivity contribution < 1.29 is 4.79 Å². The second kappa shape index (κ2) is 5.63. The molecule has 2 heterocycles. The first-order chi connectivity index (χ1) is 9.24. The fraction of sp³-hybridized carbons (Fsp3) is 0.667. The van der Waals surface area contributed by atoms with E-state index < -0.39 is 0 Å². The smallest absolute Gasteiger partial charge is 0.264 e. The summed E-state index contributed by atoms with van der Waals surface area (Å²) in [7, 11) is 2.12. The highest BCUT2D eigenvalue weighted by Gasteiger charge is 2.23. The van der Waals surface area contributed by atoms with Crippen LogP contribution in [0.4, 0.5) is 0 Å². The quantitative estimate of drug-likeness (QED) is 0.737. The molecule has 3 nitrogen and oxygen atoms in total. The third-order valence-corrected chi connectivity index (χ3v) is 5.47. The van der Waals surface area contributed by atoms with Crippen LogP contribution in [0.5, 0.6) is 0 Å². The van der Waals surface area contributed by atoms with Gasteiger partial charge < -0.3 is 9.80 Å². The molecule has 0 unspecified atom stereocenters. The number of hydrogen-bond acceptors (Lipinski definition) is 3. The number of thiophene rings is 1. The molecule has 0 spiro atoms. The molecule has 1 aliphatic heterocycles. The highest BCUT2D eigenvalue weighted by atomic mass is 32.1. The number of likely N-dealkylation sites (N-methyl/N-ethyl adjacent to an activating group) is 1. The van der Waals surface area contributed by atoms with Gasteiger partial charge in [-0.05, 0) is 44.4 Å². The molecule has 0 N–H and O–H groups in total. The number of piperazine rings is 1. The molecule has 1 amide bonds. The van der Waals surface area contributed by atoms with Gasteiger partial charge in [0.25, 0.3) is 5.91 Å². The first-order valence-corrected chi connectivity index (χ1v) is 8.15. The lowest BCUT2D eigenvalue weighted by atomic mass is 10.1. The van der Waals surface area contributed by atoms with Crippen LogP contribution in [0.3, 0.4) is 0 Å². The second-order valence-electron chi connectivity index (χ2n) is 5.72. The number of hydrogen-bond donors (Lipinski definition) is 0. The zero-order chi connectivity index (χ0) is 13.2. The number of aryl methyl sites for hydroxylation is 2. The Hall–Kier alpha value is -0.870. The van der Waals surface area contributed by atoms with Gasteiger partial charge >= 0.3 is 0 Å². The predicted octanol–water partition coefficient (Wildman–Crippen LogP) is 2.40.